The fourth-order valence-corrected chi connectivity index (χ4v) is 1.44. The van der Waals surface area contributed by atoms with Gasteiger partial charge in [-0.15, -0.1) is 0 Å². The van der Waals surface area contributed by atoms with E-state index >= 15 is 0 Å². The van der Waals surface area contributed by atoms with E-state index in [1.807, 2.05) is 0 Å². The van der Waals surface area contributed by atoms with Crippen LogP contribution in [-0.2, 0) is 9.59 Å². The van der Waals surface area contributed by atoms with Gasteiger partial charge in [-0.2, -0.15) is 0 Å². The van der Waals surface area contributed by atoms with Gasteiger partial charge in [-0.05, 0) is 24.6 Å². The number of nitrogen functional groups attached to an aromatic ring is 1. The van der Waals surface area contributed by atoms with E-state index in [2.05, 4.69) is 5.32 Å². The number of hydrogen-bond donors (Lipinski definition) is 4. The van der Waals surface area contributed by atoms with Gasteiger partial charge in [0.25, 0.3) is 5.91 Å². The largest absolute Gasteiger partial charge is 0.481 e. The van der Waals surface area contributed by atoms with Crippen LogP contribution in [0.4, 0.5) is 10.1 Å². The Hall–Kier alpha value is -2.64. The maximum absolute atomic E-state index is 13.2. The van der Waals surface area contributed by atoms with Crippen molar-refractivity contribution in [1.82, 2.24) is 5.32 Å². The maximum atomic E-state index is 13.2. The molecule has 1 aromatic carbocycles. The van der Waals surface area contributed by atoms with Crippen LogP contribution in [0.25, 0.3) is 0 Å². The van der Waals surface area contributed by atoms with Crippen molar-refractivity contribution in [1.29, 1.82) is 0 Å². The van der Waals surface area contributed by atoms with E-state index in [1.54, 1.807) is 0 Å². The first kappa shape index (κ1) is 15.4. The average molecular weight is 284 g/mol. The summed E-state index contributed by atoms with van der Waals surface area (Å²) in [5.74, 6) is -4.16. The first-order chi connectivity index (χ1) is 9.31. The van der Waals surface area contributed by atoms with Crippen molar-refractivity contribution in [2.75, 3.05) is 5.73 Å². The van der Waals surface area contributed by atoms with Gasteiger partial charge in [-0.25, -0.2) is 9.18 Å². The highest BCUT2D eigenvalue weighted by Crippen LogP contribution is 2.12. The molecule has 1 rings (SSSR count). The highest BCUT2D eigenvalue weighted by atomic mass is 19.1. The standard InChI is InChI=1S/C12H13FN2O5/c13-7-5-6(1-2-8(7)14)11(18)15-9(12(19)20)3-4-10(16)17/h1-2,5,9H,3-4,14H2,(H,15,18)(H,16,17)(H,19,20)/t9-/m0/s1. The fourth-order valence-electron chi connectivity index (χ4n) is 1.44. The second kappa shape index (κ2) is 6.50. The summed E-state index contributed by atoms with van der Waals surface area (Å²) in [7, 11) is 0. The van der Waals surface area contributed by atoms with Gasteiger partial charge in [-0.3, -0.25) is 9.59 Å². The lowest BCUT2D eigenvalue weighted by Gasteiger charge is -2.13. The molecular weight excluding hydrogens is 271 g/mol. The Kier molecular flexibility index (Phi) is 5.01. The Morgan fingerprint density at radius 3 is 2.45 bits per heavy atom. The molecular formula is C12H13FN2O5. The van der Waals surface area contributed by atoms with Crippen molar-refractivity contribution in [3.63, 3.8) is 0 Å². The maximum Gasteiger partial charge on any atom is 0.326 e. The molecule has 8 heteroatoms. The lowest BCUT2D eigenvalue weighted by atomic mass is 10.1. The van der Waals surface area contributed by atoms with Gasteiger partial charge in [0.2, 0.25) is 0 Å². The van der Waals surface area contributed by atoms with Gasteiger partial charge in [-0.1, -0.05) is 0 Å². The Balaban J connectivity index is 2.77. The number of benzene rings is 1. The Morgan fingerprint density at radius 1 is 1.30 bits per heavy atom. The van der Waals surface area contributed by atoms with E-state index < -0.39 is 36.1 Å². The van der Waals surface area contributed by atoms with Crippen LogP contribution in [0.2, 0.25) is 0 Å². The Labute approximate surface area is 113 Å². The number of carboxylic acids is 2. The number of nitrogens with one attached hydrogen (secondary N) is 1. The first-order valence-corrected chi connectivity index (χ1v) is 5.61. The van der Waals surface area contributed by atoms with Gasteiger partial charge in [0, 0.05) is 12.0 Å². The number of rotatable bonds is 6. The summed E-state index contributed by atoms with van der Waals surface area (Å²) in [6.07, 6.45) is -0.679. The lowest BCUT2D eigenvalue weighted by molar-refractivity contribution is -0.140. The SMILES string of the molecule is Nc1ccc(C(=O)N[C@@H](CCC(=O)O)C(=O)O)cc1F. The van der Waals surface area contributed by atoms with E-state index in [0.29, 0.717) is 0 Å². The number of carbonyl (C=O) groups is 3. The molecule has 7 nitrogen and oxygen atoms in total. The van der Waals surface area contributed by atoms with Crippen LogP contribution in [0.1, 0.15) is 23.2 Å². The summed E-state index contributed by atoms with van der Waals surface area (Å²) in [5.41, 5.74) is 5.02. The number of halogens is 1. The van der Waals surface area contributed by atoms with Crippen LogP contribution < -0.4 is 11.1 Å². The van der Waals surface area contributed by atoms with Gasteiger partial charge >= 0.3 is 11.9 Å². The summed E-state index contributed by atoms with van der Waals surface area (Å²) < 4.78 is 13.2. The van der Waals surface area contributed by atoms with E-state index in [4.69, 9.17) is 15.9 Å². The third kappa shape index (κ3) is 4.23. The summed E-state index contributed by atoms with van der Waals surface area (Å²) >= 11 is 0. The minimum atomic E-state index is -1.37. The highest BCUT2D eigenvalue weighted by Gasteiger charge is 2.21. The molecule has 108 valence electrons. The molecule has 5 N–H and O–H groups in total. The van der Waals surface area contributed by atoms with Crippen molar-refractivity contribution in [2.45, 2.75) is 18.9 Å². The van der Waals surface area contributed by atoms with Crippen molar-refractivity contribution < 1.29 is 29.0 Å². The van der Waals surface area contributed by atoms with Crippen molar-refractivity contribution in [3.05, 3.63) is 29.6 Å². The Morgan fingerprint density at radius 2 is 1.95 bits per heavy atom. The Bertz CT molecular complexity index is 547. The minimum Gasteiger partial charge on any atom is -0.481 e. The van der Waals surface area contributed by atoms with Gasteiger partial charge in [0.05, 0.1) is 5.69 Å². The first-order valence-electron chi connectivity index (χ1n) is 5.61. The van der Waals surface area contributed by atoms with Crippen LogP contribution in [0.15, 0.2) is 18.2 Å². The van der Waals surface area contributed by atoms with Crippen LogP contribution in [0.5, 0.6) is 0 Å². The molecule has 0 aliphatic heterocycles. The number of anilines is 1. The van der Waals surface area contributed by atoms with Crippen molar-refractivity contribution in [3.8, 4) is 0 Å². The second-order valence-electron chi connectivity index (χ2n) is 4.03. The fraction of sp³-hybridized carbons (Fsp3) is 0.250. The molecule has 1 atom stereocenters. The molecule has 0 unspecified atom stereocenters. The molecule has 0 spiro atoms. The van der Waals surface area contributed by atoms with Crippen molar-refractivity contribution in [2.24, 2.45) is 0 Å². The zero-order valence-corrected chi connectivity index (χ0v) is 10.3. The number of hydrogen-bond acceptors (Lipinski definition) is 4. The molecule has 0 aliphatic rings. The molecule has 20 heavy (non-hydrogen) atoms. The lowest BCUT2D eigenvalue weighted by Crippen LogP contribution is -2.41. The number of carbonyl (C=O) groups excluding carboxylic acids is 1. The van der Waals surface area contributed by atoms with E-state index in [-0.39, 0.29) is 17.7 Å². The van der Waals surface area contributed by atoms with Gasteiger partial charge in [0.15, 0.2) is 0 Å². The predicted molar refractivity (Wildman–Crippen MR) is 66.6 cm³/mol. The van der Waals surface area contributed by atoms with Crippen LogP contribution in [-0.4, -0.2) is 34.1 Å². The molecule has 0 bridgehead atoms. The highest BCUT2D eigenvalue weighted by molar-refractivity contribution is 5.96. The molecule has 0 heterocycles. The van der Waals surface area contributed by atoms with E-state index in [9.17, 15) is 18.8 Å². The van der Waals surface area contributed by atoms with Gasteiger partial charge in [0.1, 0.15) is 11.9 Å². The second-order valence-corrected chi connectivity index (χ2v) is 4.03. The summed E-state index contributed by atoms with van der Waals surface area (Å²) in [6.45, 7) is 0. The third-order valence-electron chi connectivity index (χ3n) is 2.51. The molecule has 0 radical (unpaired) electrons. The van der Waals surface area contributed by atoms with Crippen LogP contribution >= 0.6 is 0 Å². The molecule has 1 amide bonds. The monoisotopic (exact) mass is 284 g/mol. The smallest absolute Gasteiger partial charge is 0.326 e. The third-order valence-corrected chi connectivity index (χ3v) is 2.51. The molecule has 0 fully saturated rings. The van der Waals surface area contributed by atoms with E-state index in [1.165, 1.54) is 12.1 Å². The zero-order valence-electron chi connectivity index (χ0n) is 10.3. The van der Waals surface area contributed by atoms with Crippen LogP contribution in [0.3, 0.4) is 0 Å². The quantitative estimate of drug-likeness (QED) is 0.561. The number of nitrogens with two attached hydrogens (primary N) is 1. The summed E-state index contributed by atoms with van der Waals surface area (Å²) in [5, 5.41) is 19.5. The van der Waals surface area contributed by atoms with E-state index in [0.717, 1.165) is 6.07 Å². The molecule has 0 aromatic heterocycles. The van der Waals surface area contributed by atoms with Crippen LogP contribution in [0, 0.1) is 5.82 Å². The molecule has 1 aromatic rings. The normalized spacial score (nSPS) is 11.7. The summed E-state index contributed by atoms with van der Waals surface area (Å²) in [6, 6.07) is 1.93. The average Bonchev–Trinajstić information content (AvgIpc) is 2.36. The van der Waals surface area contributed by atoms with Crippen molar-refractivity contribution >= 4 is 23.5 Å². The number of aliphatic carboxylic acids is 2. The minimum absolute atomic E-state index is 0.0988. The molecule has 0 aliphatic carbocycles. The number of carboxylic acid groups (broad SMARTS) is 2. The molecule has 0 saturated heterocycles. The zero-order chi connectivity index (χ0) is 15.3. The number of amides is 1. The predicted octanol–water partition coefficient (Wildman–Crippen LogP) is 0.456. The van der Waals surface area contributed by atoms with Gasteiger partial charge < -0.3 is 21.3 Å². The summed E-state index contributed by atoms with van der Waals surface area (Å²) in [4.78, 5) is 33.0. The molecule has 0 saturated carbocycles. The topological polar surface area (TPSA) is 130 Å².